The third kappa shape index (κ3) is 8.01. The smallest absolute Gasteiger partial charge is 0.242 e. The average molecular weight is 566 g/mol. The fourth-order valence-corrected chi connectivity index (χ4v) is 5.24. The van der Waals surface area contributed by atoms with Crippen LogP contribution in [0.3, 0.4) is 0 Å². The molecule has 38 heavy (non-hydrogen) atoms. The lowest BCUT2D eigenvalue weighted by Gasteiger charge is -2.30. The van der Waals surface area contributed by atoms with Gasteiger partial charge < -0.3 is 19.7 Å². The number of nitrogens with one attached hydrogen (secondary N) is 1. The van der Waals surface area contributed by atoms with E-state index in [-0.39, 0.29) is 43.8 Å². The first-order chi connectivity index (χ1) is 18.0. The zero-order chi connectivity index (χ0) is 27.9. The molecule has 3 rings (SSSR count). The molecular weight excluding hydrogens is 530 g/mol. The van der Waals surface area contributed by atoms with Gasteiger partial charge in [0.2, 0.25) is 21.8 Å². The molecule has 2 aromatic rings. The second-order valence-electron chi connectivity index (χ2n) is 9.41. The topological polar surface area (TPSA) is 105 Å². The molecule has 0 saturated carbocycles. The van der Waals surface area contributed by atoms with E-state index in [4.69, 9.17) is 21.1 Å². The highest BCUT2D eigenvalue weighted by molar-refractivity contribution is 7.92. The van der Waals surface area contributed by atoms with E-state index >= 15 is 0 Å². The van der Waals surface area contributed by atoms with Gasteiger partial charge in [-0.1, -0.05) is 30.7 Å². The number of benzene rings is 2. The summed E-state index contributed by atoms with van der Waals surface area (Å²) in [6.07, 6.45) is 2.20. The molecule has 208 valence electrons. The van der Waals surface area contributed by atoms with E-state index in [1.165, 1.54) is 9.21 Å². The minimum Gasteiger partial charge on any atom is -0.486 e. The summed E-state index contributed by atoms with van der Waals surface area (Å²) in [6.45, 7) is 6.68. The molecule has 0 spiro atoms. The summed E-state index contributed by atoms with van der Waals surface area (Å²) in [7, 11) is -3.63. The molecule has 1 aliphatic rings. The maximum Gasteiger partial charge on any atom is 0.242 e. The first kappa shape index (κ1) is 29.6. The highest BCUT2D eigenvalue weighted by Crippen LogP contribution is 2.34. The van der Waals surface area contributed by atoms with Gasteiger partial charge in [0.05, 0.1) is 11.9 Å². The summed E-state index contributed by atoms with van der Waals surface area (Å²) in [6, 6.07) is 11.4. The van der Waals surface area contributed by atoms with Crippen molar-refractivity contribution >= 4 is 39.1 Å². The van der Waals surface area contributed by atoms with Gasteiger partial charge in [0.15, 0.2) is 11.5 Å². The highest BCUT2D eigenvalue weighted by atomic mass is 35.5. The predicted molar refractivity (Wildman–Crippen MR) is 148 cm³/mol. The quantitative estimate of drug-likeness (QED) is 0.417. The Morgan fingerprint density at radius 3 is 2.45 bits per heavy atom. The van der Waals surface area contributed by atoms with Gasteiger partial charge >= 0.3 is 0 Å². The van der Waals surface area contributed by atoms with Gasteiger partial charge in [0.1, 0.15) is 19.3 Å². The van der Waals surface area contributed by atoms with Crippen molar-refractivity contribution in [2.75, 3.05) is 30.3 Å². The predicted octanol–water partition coefficient (Wildman–Crippen LogP) is 3.99. The van der Waals surface area contributed by atoms with Crippen LogP contribution >= 0.6 is 11.6 Å². The zero-order valence-corrected chi connectivity index (χ0v) is 23.8. The molecular formula is C27H36ClN3O6S. The molecule has 2 atom stereocenters. The van der Waals surface area contributed by atoms with E-state index in [1.54, 1.807) is 43.3 Å². The molecule has 0 fully saturated rings. The Morgan fingerprint density at radius 2 is 1.79 bits per heavy atom. The number of carbonyl (C=O) groups is 2. The van der Waals surface area contributed by atoms with Crippen molar-refractivity contribution in [3.63, 3.8) is 0 Å². The van der Waals surface area contributed by atoms with Crippen LogP contribution in [-0.2, 0) is 26.2 Å². The average Bonchev–Trinajstić information content (AvgIpc) is 2.88. The van der Waals surface area contributed by atoms with Crippen LogP contribution in [0, 0.1) is 0 Å². The Balaban J connectivity index is 1.74. The van der Waals surface area contributed by atoms with Crippen molar-refractivity contribution in [2.24, 2.45) is 0 Å². The number of hydrogen-bond acceptors (Lipinski definition) is 6. The first-order valence-electron chi connectivity index (χ1n) is 12.7. The van der Waals surface area contributed by atoms with Gasteiger partial charge in [-0.2, -0.15) is 0 Å². The van der Waals surface area contributed by atoms with Crippen molar-refractivity contribution in [1.29, 1.82) is 0 Å². The Morgan fingerprint density at radius 1 is 1.08 bits per heavy atom. The molecule has 0 aliphatic carbocycles. The van der Waals surface area contributed by atoms with Crippen molar-refractivity contribution in [1.82, 2.24) is 10.2 Å². The van der Waals surface area contributed by atoms with Gasteiger partial charge in [-0.3, -0.25) is 13.9 Å². The third-order valence-corrected chi connectivity index (χ3v) is 7.81. The molecule has 0 aromatic heterocycles. The molecule has 1 N–H and O–H groups in total. The van der Waals surface area contributed by atoms with Gasteiger partial charge in [-0.25, -0.2) is 8.42 Å². The lowest BCUT2D eigenvalue weighted by atomic mass is 10.1. The monoisotopic (exact) mass is 565 g/mol. The molecule has 2 aromatic carbocycles. The summed E-state index contributed by atoms with van der Waals surface area (Å²) in [5.74, 6) is 0.536. The molecule has 0 unspecified atom stereocenters. The van der Waals surface area contributed by atoms with Crippen LogP contribution in [0.25, 0.3) is 0 Å². The molecule has 0 radical (unpaired) electrons. The standard InChI is InChI=1S/C27H36ClN3O6S/c1-5-19(2)29-27(33)20(3)30(18-21-8-6-9-22(28)16-21)26(32)10-7-13-31(38(4,34)35)23-11-12-24-25(17-23)37-15-14-36-24/h6,8-9,11-12,16-17,19-20H,5,7,10,13-15,18H2,1-4H3,(H,29,33)/t19-,20+/m1/s1. The molecule has 0 bridgehead atoms. The number of nitrogens with zero attached hydrogens (tertiary/aromatic N) is 2. The lowest BCUT2D eigenvalue weighted by Crippen LogP contribution is -2.49. The first-order valence-corrected chi connectivity index (χ1v) is 14.9. The maximum atomic E-state index is 13.4. The minimum atomic E-state index is -3.63. The number of hydrogen-bond donors (Lipinski definition) is 1. The van der Waals surface area contributed by atoms with Gasteiger partial charge in [0, 0.05) is 36.6 Å². The number of ether oxygens (including phenoxy) is 2. The summed E-state index contributed by atoms with van der Waals surface area (Å²) in [4.78, 5) is 27.8. The molecule has 9 nitrogen and oxygen atoms in total. The van der Waals surface area contributed by atoms with Crippen LogP contribution in [0.15, 0.2) is 42.5 Å². The van der Waals surface area contributed by atoms with Crippen LogP contribution in [0.1, 0.15) is 45.6 Å². The minimum absolute atomic E-state index is 0.0256. The number of fused-ring (bicyclic) bond motifs is 1. The summed E-state index contributed by atoms with van der Waals surface area (Å²) in [5, 5.41) is 3.47. The lowest BCUT2D eigenvalue weighted by molar-refractivity contribution is -0.140. The van der Waals surface area contributed by atoms with Gasteiger partial charge in [-0.15, -0.1) is 0 Å². The number of sulfonamides is 1. The number of halogens is 1. The van der Waals surface area contributed by atoms with Crippen molar-refractivity contribution in [2.45, 2.75) is 58.7 Å². The second-order valence-corrected chi connectivity index (χ2v) is 11.8. The van der Waals surface area contributed by atoms with Gasteiger partial charge in [0.25, 0.3) is 0 Å². The molecule has 2 amide bonds. The molecule has 0 saturated heterocycles. The second kappa shape index (κ2) is 13.2. The highest BCUT2D eigenvalue weighted by Gasteiger charge is 2.27. The van der Waals surface area contributed by atoms with Gasteiger partial charge in [-0.05, 0) is 56.5 Å². The third-order valence-electron chi connectivity index (χ3n) is 6.38. The summed E-state index contributed by atoms with van der Waals surface area (Å²) in [5.41, 5.74) is 1.23. The largest absolute Gasteiger partial charge is 0.486 e. The van der Waals surface area contributed by atoms with E-state index in [0.29, 0.717) is 35.4 Å². The molecule has 1 aliphatic heterocycles. The number of carbonyl (C=O) groups excluding carboxylic acids is 2. The number of anilines is 1. The fraction of sp³-hybridized carbons (Fsp3) is 0.481. The Hall–Kier alpha value is -2.98. The summed E-state index contributed by atoms with van der Waals surface area (Å²) < 4.78 is 37.6. The van der Waals surface area contributed by atoms with Crippen LogP contribution in [0.5, 0.6) is 11.5 Å². The molecule has 1 heterocycles. The normalized spacial score (nSPS) is 14.3. The Kier molecular flexibility index (Phi) is 10.3. The van der Waals surface area contributed by atoms with Crippen molar-refractivity contribution in [3.8, 4) is 11.5 Å². The number of rotatable bonds is 12. The maximum absolute atomic E-state index is 13.4. The van der Waals surface area contributed by atoms with E-state index in [0.717, 1.165) is 18.2 Å². The van der Waals surface area contributed by atoms with Crippen molar-refractivity contribution < 1.29 is 27.5 Å². The van der Waals surface area contributed by atoms with E-state index in [1.807, 2.05) is 19.9 Å². The van der Waals surface area contributed by atoms with E-state index < -0.39 is 16.1 Å². The summed E-state index contributed by atoms with van der Waals surface area (Å²) >= 11 is 6.14. The van der Waals surface area contributed by atoms with Crippen LogP contribution < -0.4 is 19.1 Å². The molecule has 11 heteroatoms. The van der Waals surface area contributed by atoms with E-state index in [9.17, 15) is 18.0 Å². The number of amides is 2. The van der Waals surface area contributed by atoms with Crippen molar-refractivity contribution in [3.05, 3.63) is 53.1 Å². The van der Waals surface area contributed by atoms with Crippen LogP contribution in [0.2, 0.25) is 5.02 Å². The SMILES string of the molecule is CC[C@@H](C)NC(=O)[C@H](C)N(Cc1cccc(Cl)c1)C(=O)CCCN(c1ccc2c(c1)OCCO2)S(C)(=O)=O. The fourth-order valence-electron chi connectivity index (χ4n) is 4.07. The van der Waals surface area contributed by atoms with Crippen LogP contribution in [0.4, 0.5) is 5.69 Å². The zero-order valence-electron chi connectivity index (χ0n) is 22.3. The Labute approximate surface area is 230 Å². The Bertz CT molecular complexity index is 1240. The van der Waals surface area contributed by atoms with E-state index in [2.05, 4.69) is 5.32 Å². The van der Waals surface area contributed by atoms with Crippen LogP contribution in [-0.4, -0.2) is 63.2 Å².